The first-order chi connectivity index (χ1) is 8.97. The molecule has 0 saturated heterocycles. The molecule has 0 aromatic carbocycles. The Labute approximate surface area is 120 Å². The van der Waals surface area contributed by atoms with Gasteiger partial charge in [0.15, 0.2) is 0 Å². The predicted octanol–water partition coefficient (Wildman–Crippen LogP) is 3.65. The largest absolute Gasteiger partial charge is 0.320 e. The minimum absolute atomic E-state index is 0.173. The number of nitrogens with zero attached hydrogens (tertiary/aromatic N) is 2. The number of carbonyl (C=O) groups is 1. The second kappa shape index (κ2) is 5.55. The van der Waals surface area contributed by atoms with E-state index in [1.807, 2.05) is 19.9 Å². The number of halogens is 2. The molecule has 0 aliphatic rings. The SMILES string of the molecule is Cc1ccc(NC(=O)c2cnc(Cl)c(Cl)c2)c(C)n1. The van der Waals surface area contributed by atoms with E-state index in [0.717, 1.165) is 11.4 Å². The van der Waals surface area contributed by atoms with Crippen LogP contribution in [0.4, 0.5) is 5.69 Å². The summed E-state index contributed by atoms with van der Waals surface area (Å²) in [5.41, 5.74) is 2.64. The van der Waals surface area contributed by atoms with E-state index in [-0.39, 0.29) is 16.1 Å². The Morgan fingerprint density at radius 1 is 1.26 bits per heavy atom. The van der Waals surface area contributed by atoms with Crippen LogP contribution in [-0.4, -0.2) is 15.9 Å². The van der Waals surface area contributed by atoms with E-state index in [1.54, 1.807) is 6.07 Å². The number of hydrogen-bond acceptors (Lipinski definition) is 3. The monoisotopic (exact) mass is 295 g/mol. The molecule has 1 amide bonds. The van der Waals surface area contributed by atoms with Gasteiger partial charge in [-0.25, -0.2) is 4.98 Å². The second-order valence-electron chi connectivity index (χ2n) is 4.04. The highest BCUT2D eigenvalue weighted by atomic mass is 35.5. The van der Waals surface area contributed by atoms with Gasteiger partial charge in [-0.15, -0.1) is 0 Å². The number of rotatable bonds is 2. The lowest BCUT2D eigenvalue weighted by molar-refractivity contribution is 0.102. The van der Waals surface area contributed by atoms with Crippen LogP contribution in [0.3, 0.4) is 0 Å². The topological polar surface area (TPSA) is 54.9 Å². The van der Waals surface area contributed by atoms with Crippen molar-refractivity contribution in [2.45, 2.75) is 13.8 Å². The lowest BCUT2D eigenvalue weighted by Gasteiger charge is -2.08. The van der Waals surface area contributed by atoms with Crippen LogP contribution in [-0.2, 0) is 0 Å². The standard InChI is InChI=1S/C13H11Cl2N3O/c1-7-3-4-11(8(2)17-7)18-13(19)9-5-10(14)12(15)16-6-9/h3-6H,1-2H3,(H,18,19). The summed E-state index contributed by atoms with van der Waals surface area (Å²) in [4.78, 5) is 20.1. The highest BCUT2D eigenvalue weighted by Crippen LogP contribution is 2.21. The number of amides is 1. The minimum atomic E-state index is -0.306. The molecule has 0 fully saturated rings. The molecular formula is C13H11Cl2N3O. The maximum Gasteiger partial charge on any atom is 0.257 e. The summed E-state index contributed by atoms with van der Waals surface area (Å²) in [7, 11) is 0. The van der Waals surface area contributed by atoms with Crippen molar-refractivity contribution in [1.29, 1.82) is 0 Å². The van der Waals surface area contributed by atoms with Crippen molar-refractivity contribution in [3.05, 3.63) is 51.5 Å². The van der Waals surface area contributed by atoms with Gasteiger partial charge in [0.1, 0.15) is 5.15 Å². The van der Waals surface area contributed by atoms with Crippen LogP contribution in [0.1, 0.15) is 21.7 Å². The van der Waals surface area contributed by atoms with Gasteiger partial charge in [0.05, 0.1) is 22.0 Å². The van der Waals surface area contributed by atoms with Gasteiger partial charge in [-0.2, -0.15) is 0 Å². The number of nitrogens with one attached hydrogen (secondary N) is 1. The van der Waals surface area contributed by atoms with Crippen molar-refractivity contribution in [1.82, 2.24) is 9.97 Å². The van der Waals surface area contributed by atoms with Crippen LogP contribution in [0, 0.1) is 13.8 Å². The predicted molar refractivity (Wildman–Crippen MR) is 75.9 cm³/mol. The van der Waals surface area contributed by atoms with Crippen LogP contribution in [0.2, 0.25) is 10.2 Å². The molecule has 2 aromatic rings. The van der Waals surface area contributed by atoms with Crippen molar-refractivity contribution in [2.24, 2.45) is 0 Å². The van der Waals surface area contributed by atoms with Crippen LogP contribution < -0.4 is 5.32 Å². The van der Waals surface area contributed by atoms with Gasteiger partial charge < -0.3 is 5.32 Å². The molecule has 0 bridgehead atoms. The third kappa shape index (κ3) is 3.22. The fraction of sp³-hybridized carbons (Fsp3) is 0.154. The maximum atomic E-state index is 12.0. The van der Waals surface area contributed by atoms with Crippen LogP contribution in [0.15, 0.2) is 24.4 Å². The molecule has 98 valence electrons. The molecule has 0 aliphatic heterocycles. The summed E-state index contributed by atoms with van der Waals surface area (Å²) in [6, 6.07) is 5.11. The summed E-state index contributed by atoms with van der Waals surface area (Å²) in [6.07, 6.45) is 1.38. The molecule has 4 nitrogen and oxygen atoms in total. The van der Waals surface area contributed by atoms with E-state index in [9.17, 15) is 4.79 Å². The van der Waals surface area contributed by atoms with Crippen molar-refractivity contribution < 1.29 is 4.79 Å². The highest BCUT2D eigenvalue weighted by molar-refractivity contribution is 6.41. The van der Waals surface area contributed by atoms with Gasteiger partial charge in [-0.05, 0) is 32.0 Å². The third-order valence-corrected chi connectivity index (χ3v) is 3.22. The van der Waals surface area contributed by atoms with E-state index in [4.69, 9.17) is 23.2 Å². The molecule has 0 radical (unpaired) electrons. The fourth-order valence-electron chi connectivity index (χ4n) is 1.56. The van der Waals surface area contributed by atoms with Gasteiger partial charge >= 0.3 is 0 Å². The molecule has 0 unspecified atom stereocenters. The summed E-state index contributed by atoms with van der Waals surface area (Å²) in [5.74, 6) is -0.306. The Kier molecular flexibility index (Phi) is 4.02. The van der Waals surface area contributed by atoms with E-state index in [2.05, 4.69) is 15.3 Å². The second-order valence-corrected chi connectivity index (χ2v) is 4.80. The Balaban J connectivity index is 2.23. The Morgan fingerprint density at radius 2 is 2.00 bits per heavy atom. The number of aryl methyl sites for hydroxylation is 2. The molecule has 2 heterocycles. The smallest absolute Gasteiger partial charge is 0.257 e. The summed E-state index contributed by atoms with van der Waals surface area (Å²) in [5, 5.41) is 3.17. The average molecular weight is 296 g/mol. The van der Waals surface area contributed by atoms with E-state index < -0.39 is 0 Å². The molecule has 1 N–H and O–H groups in total. The molecule has 2 aromatic heterocycles. The Morgan fingerprint density at radius 3 is 2.63 bits per heavy atom. The van der Waals surface area contributed by atoms with Crippen LogP contribution in [0.5, 0.6) is 0 Å². The number of anilines is 1. The number of aromatic nitrogens is 2. The number of hydrogen-bond donors (Lipinski definition) is 1. The normalized spacial score (nSPS) is 10.3. The van der Waals surface area contributed by atoms with E-state index in [1.165, 1.54) is 12.3 Å². The quantitative estimate of drug-likeness (QED) is 0.861. The summed E-state index contributed by atoms with van der Waals surface area (Å²) in [6.45, 7) is 3.72. The van der Waals surface area contributed by atoms with E-state index in [0.29, 0.717) is 11.3 Å². The first kappa shape index (κ1) is 13.8. The number of pyridine rings is 2. The Bertz CT molecular complexity index is 644. The lowest BCUT2D eigenvalue weighted by Crippen LogP contribution is -2.13. The summed E-state index contributed by atoms with van der Waals surface area (Å²) >= 11 is 11.5. The molecule has 6 heteroatoms. The van der Waals surface area contributed by atoms with Crippen molar-refractivity contribution in [3.63, 3.8) is 0 Å². The van der Waals surface area contributed by atoms with Crippen molar-refractivity contribution >= 4 is 34.8 Å². The fourth-order valence-corrected chi connectivity index (χ4v) is 1.83. The molecule has 19 heavy (non-hydrogen) atoms. The molecule has 2 rings (SSSR count). The van der Waals surface area contributed by atoms with Crippen LogP contribution in [0.25, 0.3) is 0 Å². The van der Waals surface area contributed by atoms with E-state index >= 15 is 0 Å². The van der Waals surface area contributed by atoms with Crippen molar-refractivity contribution in [3.8, 4) is 0 Å². The van der Waals surface area contributed by atoms with Gasteiger partial charge in [-0.1, -0.05) is 23.2 Å². The maximum absolute atomic E-state index is 12.0. The Hall–Kier alpha value is -1.65. The van der Waals surface area contributed by atoms with Gasteiger partial charge in [-0.3, -0.25) is 9.78 Å². The number of carbonyl (C=O) groups excluding carboxylic acids is 1. The first-order valence-corrected chi connectivity index (χ1v) is 6.29. The molecule has 0 saturated carbocycles. The zero-order valence-corrected chi connectivity index (χ0v) is 11.9. The molecule has 0 spiro atoms. The average Bonchev–Trinajstić information content (AvgIpc) is 2.36. The van der Waals surface area contributed by atoms with Crippen molar-refractivity contribution in [2.75, 3.05) is 5.32 Å². The van der Waals surface area contributed by atoms with Gasteiger partial charge in [0.2, 0.25) is 0 Å². The van der Waals surface area contributed by atoms with Gasteiger partial charge in [0.25, 0.3) is 5.91 Å². The third-order valence-electron chi connectivity index (χ3n) is 2.53. The minimum Gasteiger partial charge on any atom is -0.320 e. The summed E-state index contributed by atoms with van der Waals surface area (Å²) < 4.78 is 0. The van der Waals surface area contributed by atoms with Crippen LogP contribution >= 0.6 is 23.2 Å². The zero-order valence-electron chi connectivity index (χ0n) is 10.4. The molecule has 0 atom stereocenters. The van der Waals surface area contributed by atoms with Gasteiger partial charge in [0, 0.05) is 11.9 Å². The molecule has 0 aliphatic carbocycles. The highest BCUT2D eigenvalue weighted by Gasteiger charge is 2.11. The lowest BCUT2D eigenvalue weighted by atomic mass is 10.2. The zero-order chi connectivity index (χ0) is 14.0. The first-order valence-electron chi connectivity index (χ1n) is 5.54. The molecular weight excluding hydrogens is 285 g/mol.